The molecule has 0 aliphatic heterocycles. The molecule has 0 unspecified atom stereocenters. The van der Waals surface area contributed by atoms with Crippen LogP contribution in [0.5, 0.6) is 5.75 Å². The third kappa shape index (κ3) is 9.28. The lowest BCUT2D eigenvalue weighted by molar-refractivity contribution is -0.141. The molecule has 0 bridgehead atoms. The van der Waals surface area contributed by atoms with Crippen LogP contribution < -0.4 is 14.4 Å². The molecule has 1 atom stereocenters. The van der Waals surface area contributed by atoms with Crippen molar-refractivity contribution in [1.29, 1.82) is 0 Å². The molecule has 8 nitrogen and oxygen atoms in total. The maximum absolute atomic E-state index is 13.5. The Morgan fingerprint density at radius 2 is 1.75 bits per heavy atom. The predicted molar refractivity (Wildman–Crippen MR) is 161 cm³/mol. The summed E-state index contributed by atoms with van der Waals surface area (Å²) in [4.78, 5) is 28.3. The van der Waals surface area contributed by atoms with Crippen molar-refractivity contribution in [2.75, 3.05) is 23.7 Å². The average Bonchev–Trinajstić information content (AvgIpc) is 2.91. The van der Waals surface area contributed by atoms with Crippen LogP contribution in [0.1, 0.15) is 64.4 Å². The number of ether oxygens (including phenoxy) is 1. The summed E-state index contributed by atoms with van der Waals surface area (Å²) in [7, 11) is -3.59. The lowest BCUT2D eigenvalue weighted by Gasteiger charge is -2.32. The maximum atomic E-state index is 13.5. The summed E-state index contributed by atoms with van der Waals surface area (Å²) in [5, 5.41) is 3.99. The van der Waals surface area contributed by atoms with E-state index in [1.165, 1.54) is 15.6 Å². The molecule has 0 saturated heterocycles. The first-order valence-electron chi connectivity index (χ1n) is 13.7. The number of nitrogens with one attached hydrogen (secondary N) is 1. The highest BCUT2D eigenvalue weighted by Crippen LogP contribution is 2.25. The molecule has 3 rings (SSSR count). The number of carbonyl (C=O) groups is 2. The average molecular weight is 613 g/mol. The predicted octanol–water partition coefficient (Wildman–Crippen LogP) is 5.80. The molecule has 0 aromatic heterocycles. The number of halogens is 2. The van der Waals surface area contributed by atoms with Crippen LogP contribution in [0.3, 0.4) is 0 Å². The Balaban J connectivity index is 1.73. The van der Waals surface area contributed by atoms with Gasteiger partial charge in [-0.15, -0.1) is 0 Å². The summed E-state index contributed by atoms with van der Waals surface area (Å²) in [5.74, 6) is 0.168. The molecule has 2 aromatic rings. The van der Waals surface area contributed by atoms with Gasteiger partial charge in [0.2, 0.25) is 21.8 Å². The quantitative estimate of drug-likeness (QED) is 0.308. The molecule has 2 amide bonds. The van der Waals surface area contributed by atoms with Crippen molar-refractivity contribution in [2.24, 2.45) is 0 Å². The van der Waals surface area contributed by atoms with Crippen LogP contribution in [0.2, 0.25) is 10.0 Å². The third-order valence-corrected chi connectivity index (χ3v) is 8.84. The van der Waals surface area contributed by atoms with Crippen LogP contribution >= 0.6 is 23.2 Å². The van der Waals surface area contributed by atoms with Gasteiger partial charge in [-0.2, -0.15) is 0 Å². The van der Waals surface area contributed by atoms with Crippen molar-refractivity contribution in [2.45, 2.75) is 77.4 Å². The van der Waals surface area contributed by atoms with Crippen LogP contribution in [-0.4, -0.2) is 56.6 Å². The number of sulfonamides is 1. The number of anilines is 1. The summed E-state index contributed by atoms with van der Waals surface area (Å²) in [6, 6.07) is 11.2. The van der Waals surface area contributed by atoms with Crippen LogP contribution in [0.4, 0.5) is 5.69 Å². The third-order valence-electron chi connectivity index (χ3n) is 7.06. The standard InChI is InChI=1S/C29H39Cl2N3O5S/c1-4-39-26-16-14-25(15-17-26)34(40(3,37)38)18-8-11-28(35)33(20-22-12-13-23(30)19-27(22)31)21(2)29(36)32-24-9-6-5-7-10-24/h12-17,19,21,24H,4-11,18,20H2,1-3H3,(H,32,36)/t21-/m1/s1. The van der Waals surface area contributed by atoms with Gasteiger partial charge >= 0.3 is 0 Å². The largest absolute Gasteiger partial charge is 0.494 e. The minimum Gasteiger partial charge on any atom is -0.494 e. The molecule has 11 heteroatoms. The second kappa shape index (κ2) is 14.9. The number of carbonyl (C=O) groups excluding carboxylic acids is 2. The monoisotopic (exact) mass is 611 g/mol. The van der Waals surface area contributed by atoms with E-state index in [2.05, 4.69) is 5.32 Å². The molecule has 0 spiro atoms. The fraction of sp³-hybridized carbons (Fsp3) is 0.517. The van der Waals surface area contributed by atoms with E-state index in [0.29, 0.717) is 33.7 Å². The van der Waals surface area contributed by atoms with E-state index in [4.69, 9.17) is 27.9 Å². The Labute approximate surface area is 248 Å². The van der Waals surface area contributed by atoms with E-state index in [1.807, 2.05) is 6.92 Å². The van der Waals surface area contributed by atoms with E-state index in [1.54, 1.807) is 49.4 Å². The first-order chi connectivity index (χ1) is 19.0. The maximum Gasteiger partial charge on any atom is 0.242 e. The highest BCUT2D eigenvalue weighted by molar-refractivity contribution is 7.92. The molecule has 0 heterocycles. The second-order valence-electron chi connectivity index (χ2n) is 10.1. The summed E-state index contributed by atoms with van der Waals surface area (Å²) in [5.41, 5.74) is 1.16. The SMILES string of the molecule is CCOc1ccc(N(CCCC(=O)N(Cc2ccc(Cl)cc2Cl)[C@H](C)C(=O)NC2CCCCC2)S(C)(=O)=O)cc1. The van der Waals surface area contributed by atoms with Crippen LogP contribution in [0.15, 0.2) is 42.5 Å². The van der Waals surface area contributed by atoms with Gasteiger partial charge in [0.25, 0.3) is 0 Å². The molecule has 1 fully saturated rings. The van der Waals surface area contributed by atoms with E-state index >= 15 is 0 Å². The van der Waals surface area contributed by atoms with Crippen molar-refractivity contribution in [3.63, 3.8) is 0 Å². The zero-order chi connectivity index (χ0) is 29.3. The summed E-state index contributed by atoms with van der Waals surface area (Å²) >= 11 is 12.5. The van der Waals surface area contributed by atoms with Crippen molar-refractivity contribution in [3.05, 3.63) is 58.1 Å². The van der Waals surface area contributed by atoms with E-state index in [0.717, 1.165) is 31.9 Å². The lowest BCUT2D eigenvalue weighted by atomic mass is 9.95. The van der Waals surface area contributed by atoms with Gasteiger partial charge in [-0.1, -0.05) is 48.5 Å². The Morgan fingerprint density at radius 3 is 2.35 bits per heavy atom. The molecular formula is C29H39Cl2N3O5S. The number of hydrogen-bond acceptors (Lipinski definition) is 5. The molecule has 40 heavy (non-hydrogen) atoms. The van der Waals surface area contributed by atoms with Crippen LogP contribution in [-0.2, 0) is 26.2 Å². The zero-order valence-corrected chi connectivity index (χ0v) is 25.7. The fourth-order valence-corrected chi connectivity index (χ4v) is 6.30. The first kappa shape index (κ1) is 32.0. The van der Waals surface area contributed by atoms with Gasteiger partial charge in [-0.25, -0.2) is 8.42 Å². The molecule has 1 aliphatic carbocycles. The summed E-state index contributed by atoms with van der Waals surface area (Å²) in [6.07, 6.45) is 6.64. The normalized spacial score (nSPS) is 14.8. The van der Waals surface area contributed by atoms with Gasteiger partial charge in [0.15, 0.2) is 0 Å². The van der Waals surface area contributed by atoms with Crippen molar-refractivity contribution in [3.8, 4) is 5.75 Å². The Hall–Kier alpha value is -2.49. The van der Waals surface area contributed by atoms with Crippen molar-refractivity contribution >= 4 is 50.7 Å². The van der Waals surface area contributed by atoms with Crippen molar-refractivity contribution in [1.82, 2.24) is 10.2 Å². The molecule has 2 aromatic carbocycles. The number of hydrogen-bond donors (Lipinski definition) is 1. The number of benzene rings is 2. The Kier molecular flexibility index (Phi) is 12.0. The van der Waals surface area contributed by atoms with Crippen LogP contribution in [0, 0.1) is 0 Å². The molecule has 1 aliphatic rings. The highest BCUT2D eigenvalue weighted by Gasteiger charge is 2.29. The molecule has 1 saturated carbocycles. The van der Waals surface area contributed by atoms with Gasteiger partial charge in [0.1, 0.15) is 11.8 Å². The first-order valence-corrected chi connectivity index (χ1v) is 16.3. The summed E-state index contributed by atoms with van der Waals surface area (Å²) in [6.45, 7) is 4.33. The fourth-order valence-electron chi connectivity index (χ4n) is 4.86. The topological polar surface area (TPSA) is 96.0 Å². The highest BCUT2D eigenvalue weighted by atomic mass is 35.5. The van der Waals surface area contributed by atoms with Gasteiger partial charge in [0, 0.05) is 35.6 Å². The summed E-state index contributed by atoms with van der Waals surface area (Å²) < 4.78 is 31.9. The molecule has 0 radical (unpaired) electrons. The van der Waals surface area contributed by atoms with Crippen molar-refractivity contribution < 1.29 is 22.7 Å². The van der Waals surface area contributed by atoms with Gasteiger partial charge < -0.3 is 15.0 Å². The van der Waals surface area contributed by atoms with E-state index in [-0.39, 0.29) is 43.8 Å². The Bertz CT molecular complexity index is 1250. The van der Waals surface area contributed by atoms with Gasteiger partial charge in [0.05, 0.1) is 18.6 Å². The molecule has 1 N–H and O–H groups in total. The second-order valence-corrected chi connectivity index (χ2v) is 12.9. The minimum absolute atomic E-state index is 0.0509. The number of rotatable bonds is 13. The minimum atomic E-state index is -3.59. The molecule has 220 valence electrons. The smallest absolute Gasteiger partial charge is 0.242 e. The lowest BCUT2D eigenvalue weighted by Crippen LogP contribution is -2.50. The number of amides is 2. The van der Waals surface area contributed by atoms with E-state index < -0.39 is 16.1 Å². The zero-order valence-electron chi connectivity index (χ0n) is 23.4. The number of nitrogens with zero attached hydrogens (tertiary/aromatic N) is 2. The Morgan fingerprint density at radius 1 is 1.07 bits per heavy atom. The van der Waals surface area contributed by atoms with Gasteiger partial charge in [-0.3, -0.25) is 13.9 Å². The molecular weight excluding hydrogens is 573 g/mol. The van der Waals surface area contributed by atoms with E-state index in [9.17, 15) is 18.0 Å². The van der Waals surface area contributed by atoms with Crippen LogP contribution in [0.25, 0.3) is 0 Å². The van der Waals surface area contributed by atoms with Gasteiger partial charge in [-0.05, 0) is 75.1 Å².